The summed E-state index contributed by atoms with van der Waals surface area (Å²) in [6.07, 6.45) is 3.65. The van der Waals surface area contributed by atoms with E-state index in [9.17, 15) is 0 Å². The first-order chi connectivity index (χ1) is 9.77. The summed E-state index contributed by atoms with van der Waals surface area (Å²) >= 11 is 0. The Balaban J connectivity index is 1.84. The zero-order valence-electron chi connectivity index (χ0n) is 12.7. The maximum atomic E-state index is 5.86. The molecule has 1 N–H and O–H groups in total. The van der Waals surface area contributed by atoms with Gasteiger partial charge in [-0.1, -0.05) is 25.1 Å². The molecule has 2 rings (SSSR count). The lowest BCUT2D eigenvalue weighted by Gasteiger charge is -2.32. The van der Waals surface area contributed by atoms with Crippen molar-refractivity contribution >= 4 is 0 Å². The van der Waals surface area contributed by atoms with Crippen LogP contribution in [0.25, 0.3) is 0 Å². The van der Waals surface area contributed by atoms with E-state index in [1.54, 1.807) is 0 Å². The molecule has 0 radical (unpaired) electrons. The van der Waals surface area contributed by atoms with Crippen LogP contribution in [-0.2, 0) is 4.74 Å². The van der Waals surface area contributed by atoms with Crippen molar-refractivity contribution in [3.05, 3.63) is 30.3 Å². The number of ether oxygens (including phenoxy) is 2. The second-order valence-electron chi connectivity index (χ2n) is 5.71. The maximum Gasteiger partial charge on any atom is 0.119 e. The number of hydrogen-bond acceptors (Lipinski definition) is 3. The molecule has 0 saturated carbocycles. The zero-order valence-corrected chi connectivity index (χ0v) is 12.7. The van der Waals surface area contributed by atoms with E-state index in [-0.39, 0.29) is 5.41 Å². The fraction of sp³-hybridized carbons (Fsp3) is 0.647. The third-order valence-corrected chi connectivity index (χ3v) is 4.35. The highest BCUT2D eigenvalue weighted by Crippen LogP contribution is 2.37. The van der Waals surface area contributed by atoms with Gasteiger partial charge in [-0.3, -0.25) is 0 Å². The first kappa shape index (κ1) is 15.3. The zero-order chi connectivity index (χ0) is 14.3. The molecule has 0 bridgehead atoms. The average Bonchev–Trinajstić information content (AvgIpc) is 2.82. The van der Waals surface area contributed by atoms with Gasteiger partial charge in [-0.05, 0) is 44.9 Å². The van der Waals surface area contributed by atoms with E-state index >= 15 is 0 Å². The van der Waals surface area contributed by atoms with Crippen molar-refractivity contribution in [1.29, 1.82) is 0 Å². The molecule has 1 heterocycles. The van der Waals surface area contributed by atoms with Crippen LogP contribution < -0.4 is 10.1 Å². The maximum absolute atomic E-state index is 5.86. The third kappa shape index (κ3) is 3.97. The summed E-state index contributed by atoms with van der Waals surface area (Å²) in [5, 5.41) is 3.56. The van der Waals surface area contributed by atoms with Crippen molar-refractivity contribution in [3.8, 4) is 5.75 Å². The molecular weight excluding hydrogens is 250 g/mol. The summed E-state index contributed by atoms with van der Waals surface area (Å²) < 4.78 is 11.7. The van der Waals surface area contributed by atoms with Gasteiger partial charge in [-0.15, -0.1) is 0 Å². The predicted molar refractivity (Wildman–Crippen MR) is 82.2 cm³/mol. The molecule has 1 aromatic rings. The normalized spacial score (nSPS) is 25.8. The van der Waals surface area contributed by atoms with E-state index in [1.807, 2.05) is 30.3 Å². The largest absolute Gasteiger partial charge is 0.494 e. The molecule has 112 valence electrons. The lowest BCUT2D eigenvalue weighted by molar-refractivity contribution is 0.0505. The molecule has 3 nitrogen and oxygen atoms in total. The Kier molecular flexibility index (Phi) is 5.86. The SMILES string of the molecule is CCCNCC1(CCOc2ccccc2)CCOC1C. The van der Waals surface area contributed by atoms with Crippen LogP contribution in [0.2, 0.25) is 0 Å². The molecule has 20 heavy (non-hydrogen) atoms. The molecule has 0 aromatic heterocycles. The Bertz CT molecular complexity index is 382. The van der Waals surface area contributed by atoms with Crippen LogP contribution >= 0.6 is 0 Å². The third-order valence-electron chi connectivity index (χ3n) is 4.35. The second-order valence-corrected chi connectivity index (χ2v) is 5.71. The van der Waals surface area contributed by atoms with E-state index in [0.717, 1.165) is 44.9 Å². The van der Waals surface area contributed by atoms with Crippen molar-refractivity contribution in [2.75, 3.05) is 26.3 Å². The van der Waals surface area contributed by atoms with E-state index in [0.29, 0.717) is 6.10 Å². The van der Waals surface area contributed by atoms with Crippen molar-refractivity contribution in [2.45, 2.75) is 39.2 Å². The van der Waals surface area contributed by atoms with Crippen LogP contribution in [0.4, 0.5) is 0 Å². The standard InChI is InChI=1S/C17H27NO2/c1-3-11-18-14-17(9-12-19-15(17)2)10-13-20-16-7-5-4-6-8-16/h4-8,15,18H,3,9-14H2,1-2H3. The number of benzene rings is 1. The molecular formula is C17H27NO2. The van der Waals surface area contributed by atoms with Crippen LogP contribution in [0.3, 0.4) is 0 Å². The molecule has 2 atom stereocenters. The number of para-hydroxylation sites is 1. The van der Waals surface area contributed by atoms with E-state index in [2.05, 4.69) is 19.2 Å². The number of hydrogen-bond donors (Lipinski definition) is 1. The van der Waals surface area contributed by atoms with Crippen molar-refractivity contribution in [3.63, 3.8) is 0 Å². The molecule has 0 aliphatic carbocycles. The second kappa shape index (κ2) is 7.65. The van der Waals surface area contributed by atoms with Gasteiger partial charge in [0.1, 0.15) is 5.75 Å². The van der Waals surface area contributed by atoms with Crippen LogP contribution in [0.1, 0.15) is 33.1 Å². The quantitative estimate of drug-likeness (QED) is 0.740. The molecule has 2 unspecified atom stereocenters. The fourth-order valence-corrected chi connectivity index (χ4v) is 2.87. The Hall–Kier alpha value is -1.06. The minimum atomic E-state index is 0.226. The van der Waals surface area contributed by atoms with Gasteiger partial charge in [0.05, 0.1) is 12.7 Å². The summed E-state index contributed by atoms with van der Waals surface area (Å²) in [6.45, 7) is 8.13. The smallest absolute Gasteiger partial charge is 0.119 e. The monoisotopic (exact) mass is 277 g/mol. The van der Waals surface area contributed by atoms with Crippen LogP contribution in [0.5, 0.6) is 5.75 Å². The van der Waals surface area contributed by atoms with Crippen molar-refractivity contribution in [1.82, 2.24) is 5.32 Å². The van der Waals surface area contributed by atoms with Crippen molar-refractivity contribution in [2.24, 2.45) is 5.41 Å². The Morgan fingerprint density at radius 1 is 1.35 bits per heavy atom. The summed E-state index contributed by atoms with van der Waals surface area (Å²) in [5.41, 5.74) is 0.226. The Morgan fingerprint density at radius 2 is 2.15 bits per heavy atom. The van der Waals surface area contributed by atoms with Gasteiger partial charge in [-0.25, -0.2) is 0 Å². The minimum Gasteiger partial charge on any atom is -0.494 e. The molecule has 0 amide bonds. The Morgan fingerprint density at radius 3 is 2.80 bits per heavy atom. The van der Waals surface area contributed by atoms with E-state index in [1.165, 1.54) is 6.42 Å². The Labute approximate surface area is 122 Å². The molecule has 1 aromatic carbocycles. The van der Waals surface area contributed by atoms with Gasteiger partial charge in [0.2, 0.25) is 0 Å². The highest BCUT2D eigenvalue weighted by Gasteiger charge is 2.40. The topological polar surface area (TPSA) is 30.5 Å². The summed E-state index contributed by atoms with van der Waals surface area (Å²) in [7, 11) is 0. The molecule has 1 saturated heterocycles. The number of nitrogens with one attached hydrogen (secondary N) is 1. The van der Waals surface area contributed by atoms with Gasteiger partial charge in [0, 0.05) is 18.6 Å². The van der Waals surface area contributed by atoms with Crippen LogP contribution in [0, 0.1) is 5.41 Å². The van der Waals surface area contributed by atoms with Gasteiger partial charge in [-0.2, -0.15) is 0 Å². The summed E-state index contributed by atoms with van der Waals surface area (Å²) in [6, 6.07) is 10.0. The molecule has 3 heteroatoms. The van der Waals surface area contributed by atoms with Gasteiger partial charge >= 0.3 is 0 Å². The number of rotatable bonds is 8. The van der Waals surface area contributed by atoms with E-state index < -0.39 is 0 Å². The van der Waals surface area contributed by atoms with E-state index in [4.69, 9.17) is 9.47 Å². The highest BCUT2D eigenvalue weighted by atomic mass is 16.5. The van der Waals surface area contributed by atoms with Gasteiger partial charge < -0.3 is 14.8 Å². The van der Waals surface area contributed by atoms with Gasteiger partial charge in [0.25, 0.3) is 0 Å². The first-order valence-corrected chi connectivity index (χ1v) is 7.77. The average molecular weight is 277 g/mol. The highest BCUT2D eigenvalue weighted by molar-refractivity contribution is 5.20. The van der Waals surface area contributed by atoms with Gasteiger partial charge in [0.15, 0.2) is 0 Å². The molecule has 1 fully saturated rings. The van der Waals surface area contributed by atoms with Crippen LogP contribution in [0.15, 0.2) is 30.3 Å². The minimum absolute atomic E-state index is 0.226. The molecule has 0 spiro atoms. The summed E-state index contributed by atoms with van der Waals surface area (Å²) in [4.78, 5) is 0. The first-order valence-electron chi connectivity index (χ1n) is 7.77. The molecule has 1 aliphatic rings. The summed E-state index contributed by atoms with van der Waals surface area (Å²) in [5.74, 6) is 0.954. The van der Waals surface area contributed by atoms with Crippen LogP contribution in [-0.4, -0.2) is 32.4 Å². The lowest BCUT2D eigenvalue weighted by Crippen LogP contribution is -2.41. The predicted octanol–water partition coefficient (Wildman–Crippen LogP) is 3.25. The van der Waals surface area contributed by atoms with Crippen molar-refractivity contribution < 1.29 is 9.47 Å². The fourth-order valence-electron chi connectivity index (χ4n) is 2.87. The lowest BCUT2D eigenvalue weighted by atomic mass is 9.78. The molecule has 1 aliphatic heterocycles.